The molecule has 0 bridgehead atoms. The molecule has 1 aromatic rings. The van der Waals surface area contributed by atoms with Crippen LogP contribution in [0.25, 0.3) is 0 Å². The summed E-state index contributed by atoms with van der Waals surface area (Å²) in [7, 11) is 0. The van der Waals surface area contributed by atoms with Gasteiger partial charge in [-0.3, -0.25) is 19.1 Å². The molecule has 17 nitrogen and oxygen atoms in total. The highest BCUT2D eigenvalue weighted by atomic mass is 19.1. The minimum atomic E-state index is -2.66. The van der Waals surface area contributed by atoms with Crippen LogP contribution in [0.5, 0.6) is 0 Å². The summed E-state index contributed by atoms with van der Waals surface area (Å²) in [5.41, 5.74) is -2.26. The van der Waals surface area contributed by atoms with E-state index in [1.54, 1.807) is 13.8 Å². The Morgan fingerprint density at radius 2 is 1.90 bits per heavy atom. The molecule has 0 radical (unpaired) electrons. The van der Waals surface area contributed by atoms with Crippen LogP contribution >= 0.6 is 0 Å². The highest BCUT2D eigenvalue weighted by Gasteiger charge is 2.59. The van der Waals surface area contributed by atoms with Crippen LogP contribution < -0.4 is 16.6 Å². The molecule has 230 valence electrons. The minimum Gasteiger partial charge on any atom is -0.477 e. The summed E-state index contributed by atoms with van der Waals surface area (Å²) >= 11 is 0. The molecule has 0 aromatic carbocycles. The van der Waals surface area contributed by atoms with Crippen molar-refractivity contribution in [1.29, 1.82) is 0 Å². The van der Waals surface area contributed by atoms with E-state index in [4.69, 9.17) is 23.7 Å². The van der Waals surface area contributed by atoms with E-state index in [1.807, 2.05) is 4.98 Å². The third kappa shape index (κ3) is 6.06. The molecule has 3 aliphatic heterocycles. The normalized spacial score (nSPS) is 36.0. The standard InChI is InChI=1S/C23H32FN3O14/c1-8(29)25-13-10(30)4-23(20(34)35,41-16(13)14(32)11(31)6-28)37-7-12-15-17(40-22(2,3)39-15)19(38-12)27-5-9(24)18(33)26-21(27)36/h5,10-17,19,28,30-32H,4,6-7H2,1-3H3,(H,25,29)(H,34,35)(H,26,33,36)/t10-,11-,12-,13-,14-,15?,16?,17?,19-,23+/m1/s1. The third-order valence-corrected chi connectivity index (χ3v) is 6.99. The molecule has 0 spiro atoms. The van der Waals surface area contributed by atoms with Gasteiger partial charge in [0.1, 0.15) is 36.6 Å². The first-order chi connectivity index (χ1) is 19.1. The molecule has 0 aliphatic carbocycles. The van der Waals surface area contributed by atoms with Gasteiger partial charge in [-0.15, -0.1) is 0 Å². The number of aliphatic hydroxyl groups excluding tert-OH is 4. The van der Waals surface area contributed by atoms with Crippen LogP contribution in [0.2, 0.25) is 0 Å². The molecule has 41 heavy (non-hydrogen) atoms. The Hall–Kier alpha value is -2.81. The number of nitrogens with zero attached hydrogens (tertiary/aromatic N) is 1. The first kappa shape index (κ1) is 31.1. The highest BCUT2D eigenvalue weighted by molar-refractivity contribution is 5.76. The van der Waals surface area contributed by atoms with Crippen molar-refractivity contribution in [3.05, 3.63) is 32.9 Å². The fourth-order valence-electron chi connectivity index (χ4n) is 5.16. The van der Waals surface area contributed by atoms with Crippen molar-refractivity contribution in [2.24, 2.45) is 0 Å². The number of halogens is 1. The lowest BCUT2D eigenvalue weighted by molar-refractivity contribution is -0.318. The zero-order chi connectivity index (χ0) is 30.4. The van der Waals surface area contributed by atoms with E-state index < -0.39 is 115 Å². The van der Waals surface area contributed by atoms with Gasteiger partial charge in [-0.25, -0.2) is 9.59 Å². The van der Waals surface area contributed by atoms with Crippen LogP contribution in [-0.2, 0) is 33.3 Å². The largest absolute Gasteiger partial charge is 0.477 e. The second-order valence-electron chi connectivity index (χ2n) is 10.5. The zero-order valence-electron chi connectivity index (χ0n) is 22.1. The highest BCUT2D eigenvalue weighted by Crippen LogP contribution is 2.43. The number of aromatic nitrogens is 2. The van der Waals surface area contributed by atoms with E-state index in [2.05, 4.69) is 5.32 Å². The lowest BCUT2D eigenvalue weighted by Gasteiger charge is -2.46. The van der Waals surface area contributed by atoms with Gasteiger partial charge in [0.25, 0.3) is 11.3 Å². The second kappa shape index (κ2) is 11.5. The predicted octanol–water partition coefficient (Wildman–Crippen LogP) is -3.74. The quantitative estimate of drug-likeness (QED) is 0.145. The van der Waals surface area contributed by atoms with Crippen molar-refractivity contribution in [2.45, 2.75) is 93.8 Å². The number of carboxylic acid groups (broad SMARTS) is 1. The fourth-order valence-corrected chi connectivity index (χ4v) is 5.16. The van der Waals surface area contributed by atoms with Crippen LogP contribution in [0.4, 0.5) is 4.39 Å². The molecule has 3 fully saturated rings. The number of aliphatic hydroxyl groups is 4. The molecule has 3 aliphatic rings. The van der Waals surface area contributed by atoms with E-state index in [0.717, 1.165) is 11.5 Å². The summed E-state index contributed by atoms with van der Waals surface area (Å²) in [6, 6.07) is -1.40. The molecule has 4 heterocycles. The number of hydrogen-bond acceptors (Lipinski definition) is 13. The molecule has 4 rings (SSSR count). The SMILES string of the molecule is CC(=O)N[C@H]1C([C@H](O)[C@H](O)CO)O[C@](OC[C@H]2O[C@@H](n3cc(F)c(=O)[nH]c3=O)C3OC(C)(C)OC32)(C(=O)O)C[C@H]1O. The number of carbonyl (C=O) groups excluding carboxylic acids is 1. The number of aromatic amines is 1. The average Bonchev–Trinajstić information content (AvgIpc) is 3.37. The number of carbonyl (C=O) groups is 2. The number of ether oxygens (including phenoxy) is 5. The van der Waals surface area contributed by atoms with Gasteiger partial charge in [0.15, 0.2) is 12.0 Å². The fraction of sp³-hybridized carbons (Fsp3) is 0.739. The van der Waals surface area contributed by atoms with Gasteiger partial charge >= 0.3 is 11.7 Å². The molecule has 18 heteroatoms. The van der Waals surface area contributed by atoms with Gasteiger partial charge in [-0.05, 0) is 13.8 Å². The summed E-state index contributed by atoms with van der Waals surface area (Å²) < 4.78 is 43.5. The summed E-state index contributed by atoms with van der Waals surface area (Å²) in [5, 5.41) is 53.0. The van der Waals surface area contributed by atoms with Crippen LogP contribution in [0, 0.1) is 5.82 Å². The molecular weight excluding hydrogens is 561 g/mol. The number of rotatable bonds is 9. The lowest BCUT2D eigenvalue weighted by Crippen LogP contribution is -2.68. The monoisotopic (exact) mass is 593 g/mol. The number of H-pyrrole nitrogens is 1. The summed E-state index contributed by atoms with van der Waals surface area (Å²) in [5.74, 6) is -7.57. The van der Waals surface area contributed by atoms with E-state index in [1.165, 1.54) is 0 Å². The Morgan fingerprint density at radius 3 is 2.51 bits per heavy atom. The van der Waals surface area contributed by atoms with Gasteiger partial charge in [0.05, 0.1) is 31.6 Å². The Labute approximate surface area is 230 Å². The van der Waals surface area contributed by atoms with Crippen molar-refractivity contribution in [1.82, 2.24) is 14.9 Å². The van der Waals surface area contributed by atoms with Gasteiger partial charge in [0, 0.05) is 13.3 Å². The molecule has 10 atom stereocenters. The zero-order valence-corrected chi connectivity index (χ0v) is 22.1. The summed E-state index contributed by atoms with van der Waals surface area (Å²) in [6.45, 7) is 2.62. The number of aliphatic carboxylic acids is 1. The van der Waals surface area contributed by atoms with Gasteiger partial charge in [-0.2, -0.15) is 4.39 Å². The smallest absolute Gasteiger partial charge is 0.364 e. The van der Waals surface area contributed by atoms with E-state index >= 15 is 0 Å². The van der Waals surface area contributed by atoms with Crippen LogP contribution in [0.1, 0.15) is 33.4 Å². The lowest BCUT2D eigenvalue weighted by atomic mass is 9.88. The average molecular weight is 594 g/mol. The van der Waals surface area contributed by atoms with Crippen LogP contribution in [0.15, 0.2) is 15.8 Å². The molecular formula is C23H32FN3O14. The third-order valence-electron chi connectivity index (χ3n) is 6.99. The van der Waals surface area contributed by atoms with E-state index in [-0.39, 0.29) is 0 Å². The second-order valence-corrected chi connectivity index (χ2v) is 10.5. The Morgan fingerprint density at radius 1 is 1.24 bits per heavy atom. The number of fused-ring (bicyclic) bond motifs is 1. The molecule has 1 amide bonds. The Bertz CT molecular complexity index is 1270. The molecule has 7 N–H and O–H groups in total. The van der Waals surface area contributed by atoms with Gasteiger partial charge in [-0.1, -0.05) is 0 Å². The molecule has 3 unspecified atom stereocenters. The van der Waals surface area contributed by atoms with Crippen LogP contribution in [0.3, 0.4) is 0 Å². The first-order valence-corrected chi connectivity index (χ1v) is 12.6. The molecule has 0 saturated carbocycles. The van der Waals surface area contributed by atoms with Crippen molar-refractivity contribution in [2.75, 3.05) is 13.2 Å². The number of nitrogens with one attached hydrogen (secondary N) is 2. The summed E-state index contributed by atoms with van der Waals surface area (Å²) in [4.78, 5) is 49.9. The first-order valence-electron chi connectivity index (χ1n) is 12.6. The van der Waals surface area contributed by atoms with E-state index in [0.29, 0.717) is 6.20 Å². The maximum Gasteiger partial charge on any atom is 0.364 e. The number of amides is 1. The van der Waals surface area contributed by atoms with E-state index in [9.17, 15) is 49.1 Å². The van der Waals surface area contributed by atoms with Gasteiger partial charge in [0.2, 0.25) is 11.7 Å². The predicted molar refractivity (Wildman–Crippen MR) is 128 cm³/mol. The van der Waals surface area contributed by atoms with Crippen LogP contribution in [-0.4, -0.2) is 121 Å². The molecule has 1 aromatic heterocycles. The topological polar surface area (TPSA) is 248 Å². The maximum atomic E-state index is 14.0. The Kier molecular flexibility index (Phi) is 8.70. The minimum absolute atomic E-state index is 0.626. The number of carboxylic acids is 1. The maximum absolute atomic E-state index is 14.0. The van der Waals surface area contributed by atoms with Gasteiger partial charge < -0.3 is 54.5 Å². The van der Waals surface area contributed by atoms with Crippen molar-refractivity contribution >= 4 is 11.9 Å². The van der Waals surface area contributed by atoms with Crippen molar-refractivity contribution in [3.8, 4) is 0 Å². The summed E-state index contributed by atoms with van der Waals surface area (Å²) in [6.07, 6.45) is -11.9. The van der Waals surface area contributed by atoms with Crippen molar-refractivity contribution in [3.63, 3.8) is 0 Å². The van der Waals surface area contributed by atoms with Crippen molar-refractivity contribution < 1.29 is 63.2 Å². The number of hydrogen-bond donors (Lipinski definition) is 7. The Balaban J connectivity index is 1.62. The molecule has 3 saturated heterocycles.